The summed E-state index contributed by atoms with van der Waals surface area (Å²) in [6, 6.07) is 13.2. The molecule has 0 N–H and O–H groups in total. The van der Waals surface area contributed by atoms with E-state index >= 15 is 0 Å². The topological polar surface area (TPSA) is 78.7 Å². The largest absolute Gasteiger partial charge is 0.472 e. The van der Waals surface area contributed by atoms with Crippen molar-refractivity contribution in [3.05, 3.63) is 53.7 Å². The number of benzene rings is 1. The van der Waals surface area contributed by atoms with Crippen LogP contribution in [-0.4, -0.2) is 61.3 Å². The molecule has 29 heavy (non-hydrogen) atoms. The van der Waals surface area contributed by atoms with Gasteiger partial charge in [0.05, 0.1) is 31.4 Å². The van der Waals surface area contributed by atoms with Crippen LogP contribution in [0.3, 0.4) is 0 Å². The van der Waals surface area contributed by atoms with Gasteiger partial charge in [-0.05, 0) is 43.2 Å². The number of amides is 1. The van der Waals surface area contributed by atoms with E-state index in [4.69, 9.17) is 14.7 Å². The van der Waals surface area contributed by atoms with Crippen molar-refractivity contribution in [2.24, 2.45) is 0 Å². The first kappa shape index (κ1) is 19.2. The van der Waals surface area contributed by atoms with Gasteiger partial charge in [-0.3, -0.25) is 4.79 Å². The van der Waals surface area contributed by atoms with Crippen LogP contribution in [-0.2, 0) is 4.74 Å². The highest BCUT2D eigenvalue weighted by molar-refractivity contribution is 5.94. The Hall–Kier alpha value is -3.11. The fraction of sp³-hybridized carbons (Fsp3) is 0.409. The molecule has 4 rings (SSSR count). The molecule has 0 aliphatic carbocycles. The zero-order chi connectivity index (χ0) is 20.1. The van der Waals surface area contributed by atoms with Crippen LogP contribution in [0.5, 0.6) is 5.88 Å². The van der Waals surface area contributed by atoms with Gasteiger partial charge in [0.15, 0.2) is 0 Å². The van der Waals surface area contributed by atoms with Gasteiger partial charge >= 0.3 is 0 Å². The predicted octanol–water partition coefficient (Wildman–Crippen LogP) is 2.47. The van der Waals surface area contributed by atoms with Crippen LogP contribution < -0.4 is 9.64 Å². The van der Waals surface area contributed by atoms with E-state index in [-0.39, 0.29) is 12.0 Å². The van der Waals surface area contributed by atoms with E-state index < -0.39 is 0 Å². The summed E-state index contributed by atoms with van der Waals surface area (Å²) in [7, 11) is 0. The normalized spacial score (nSPS) is 19.5. The third kappa shape index (κ3) is 4.66. The van der Waals surface area contributed by atoms with Crippen molar-refractivity contribution in [2.45, 2.75) is 18.9 Å². The van der Waals surface area contributed by atoms with Crippen LogP contribution in [0.2, 0.25) is 0 Å². The van der Waals surface area contributed by atoms with Crippen molar-refractivity contribution < 1.29 is 14.3 Å². The van der Waals surface area contributed by atoms with Crippen LogP contribution in [0, 0.1) is 11.3 Å². The van der Waals surface area contributed by atoms with E-state index in [9.17, 15) is 4.79 Å². The molecule has 2 fully saturated rings. The van der Waals surface area contributed by atoms with E-state index in [1.807, 2.05) is 29.2 Å². The van der Waals surface area contributed by atoms with Gasteiger partial charge < -0.3 is 19.3 Å². The molecule has 0 spiro atoms. The lowest BCUT2D eigenvalue weighted by atomic mass is 10.1. The van der Waals surface area contributed by atoms with Crippen molar-refractivity contribution in [1.29, 1.82) is 5.26 Å². The van der Waals surface area contributed by atoms with E-state index in [0.29, 0.717) is 23.6 Å². The van der Waals surface area contributed by atoms with Crippen LogP contribution in [0.1, 0.15) is 28.8 Å². The molecule has 0 unspecified atom stereocenters. The first-order chi connectivity index (χ1) is 14.2. The minimum absolute atomic E-state index is 0.0190. The van der Waals surface area contributed by atoms with E-state index in [2.05, 4.69) is 16.0 Å². The Morgan fingerprint density at radius 1 is 1.17 bits per heavy atom. The maximum Gasteiger partial charge on any atom is 0.253 e. The maximum absolute atomic E-state index is 13.0. The first-order valence-electron chi connectivity index (χ1n) is 9.98. The number of aromatic nitrogens is 1. The molecule has 0 radical (unpaired) electrons. The Morgan fingerprint density at radius 3 is 2.72 bits per heavy atom. The monoisotopic (exact) mass is 392 g/mol. The van der Waals surface area contributed by atoms with Crippen LogP contribution >= 0.6 is 0 Å². The van der Waals surface area contributed by atoms with Gasteiger partial charge in [0.25, 0.3) is 5.91 Å². The highest BCUT2D eigenvalue weighted by Crippen LogP contribution is 2.21. The number of carbonyl (C=O) groups is 1. The summed E-state index contributed by atoms with van der Waals surface area (Å²) in [4.78, 5) is 21.2. The zero-order valence-electron chi connectivity index (χ0n) is 16.3. The molecule has 0 bridgehead atoms. The molecule has 3 heterocycles. The Kier molecular flexibility index (Phi) is 5.92. The molecule has 0 saturated carbocycles. The molecule has 150 valence electrons. The van der Waals surface area contributed by atoms with Crippen LogP contribution in [0.25, 0.3) is 0 Å². The summed E-state index contributed by atoms with van der Waals surface area (Å²) in [6.07, 6.45) is 3.18. The molecular formula is C22H24N4O3. The Morgan fingerprint density at radius 2 is 1.97 bits per heavy atom. The summed E-state index contributed by atoms with van der Waals surface area (Å²) in [5, 5.41) is 9.02. The lowest BCUT2D eigenvalue weighted by Crippen LogP contribution is -2.44. The van der Waals surface area contributed by atoms with Crippen molar-refractivity contribution in [1.82, 2.24) is 9.88 Å². The third-order valence-electron chi connectivity index (χ3n) is 5.31. The van der Waals surface area contributed by atoms with Crippen LogP contribution in [0.4, 0.5) is 5.69 Å². The number of anilines is 1. The number of hydrogen-bond acceptors (Lipinski definition) is 6. The minimum atomic E-state index is -0.123. The number of likely N-dealkylation sites (tertiary alicyclic amines) is 1. The summed E-state index contributed by atoms with van der Waals surface area (Å²) >= 11 is 0. The lowest BCUT2D eigenvalue weighted by Gasteiger charge is -2.33. The average molecular weight is 392 g/mol. The smallest absolute Gasteiger partial charge is 0.253 e. The van der Waals surface area contributed by atoms with Gasteiger partial charge in [-0.2, -0.15) is 5.26 Å². The zero-order valence-corrected chi connectivity index (χ0v) is 16.3. The highest BCUT2D eigenvalue weighted by atomic mass is 16.5. The highest BCUT2D eigenvalue weighted by Gasteiger charge is 2.26. The van der Waals surface area contributed by atoms with Gasteiger partial charge in [-0.15, -0.1) is 0 Å². The second-order valence-corrected chi connectivity index (χ2v) is 7.27. The van der Waals surface area contributed by atoms with E-state index in [1.54, 1.807) is 18.3 Å². The summed E-state index contributed by atoms with van der Waals surface area (Å²) in [5.74, 6) is 0.448. The van der Waals surface area contributed by atoms with Crippen LogP contribution in [0.15, 0.2) is 42.6 Å². The molecule has 7 nitrogen and oxygen atoms in total. The van der Waals surface area contributed by atoms with Crippen molar-refractivity contribution in [2.75, 3.05) is 44.3 Å². The van der Waals surface area contributed by atoms with Gasteiger partial charge in [-0.25, -0.2) is 4.98 Å². The third-order valence-corrected chi connectivity index (χ3v) is 5.31. The van der Waals surface area contributed by atoms with Crippen molar-refractivity contribution in [3.8, 4) is 11.9 Å². The number of pyridine rings is 1. The quantitative estimate of drug-likeness (QED) is 0.795. The first-order valence-corrected chi connectivity index (χ1v) is 9.98. The van der Waals surface area contributed by atoms with Gasteiger partial charge in [-0.1, -0.05) is 0 Å². The number of nitrogens with zero attached hydrogens (tertiary/aromatic N) is 4. The average Bonchev–Trinajstić information content (AvgIpc) is 2.79. The number of carbonyl (C=O) groups excluding carboxylic acids is 1. The minimum Gasteiger partial charge on any atom is -0.472 e. The summed E-state index contributed by atoms with van der Waals surface area (Å²) in [5.41, 5.74) is 2.32. The molecule has 2 aliphatic heterocycles. The Bertz CT molecular complexity index is 888. The van der Waals surface area contributed by atoms with Crippen molar-refractivity contribution >= 4 is 11.6 Å². The molecule has 2 aliphatic rings. The van der Waals surface area contributed by atoms with Gasteiger partial charge in [0, 0.05) is 43.1 Å². The summed E-state index contributed by atoms with van der Waals surface area (Å²) in [6.45, 7) is 4.46. The number of piperidine rings is 1. The number of nitriles is 1. The molecule has 2 saturated heterocycles. The van der Waals surface area contributed by atoms with E-state index in [0.717, 1.165) is 51.4 Å². The molecule has 1 aromatic carbocycles. The Balaban J connectivity index is 1.38. The number of ether oxygens (including phenoxy) is 2. The second kappa shape index (κ2) is 8.93. The lowest BCUT2D eigenvalue weighted by molar-refractivity contribution is 0.0527. The van der Waals surface area contributed by atoms with Gasteiger partial charge in [0.1, 0.15) is 6.10 Å². The number of morpholine rings is 1. The summed E-state index contributed by atoms with van der Waals surface area (Å²) < 4.78 is 11.3. The standard InChI is InChI=1S/C22H24N4O3/c23-15-17-7-8-24-21(14-17)29-20-2-1-9-26(16-20)22(27)18-3-5-19(6-4-18)25-10-12-28-13-11-25/h3-8,14,20H,1-2,9-13,16H2/t20-/m0/s1. The molecule has 1 atom stereocenters. The fourth-order valence-electron chi connectivity index (χ4n) is 3.75. The second-order valence-electron chi connectivity index (χ2n) is 7.27. The maximum atomic E-state index is 13.0. The van der Waals surface area contributed by atoms with E-state index in [1.165, 1.54) is 0 Å². The fourth-order valence-corrected chi connectivity index (χ4v) is 3.75. The molecule has 2 aromatic rings. The van der Waals surface area contributed by atoms with Gasteiger partial charge in [0.2, 0.25) is 5.88 Å². The molecule has 1 aromatic heterocycles. The number of rotatable bonds is 4. The molecule has 1 amide bonds. The number of hydrogen-bond donors (Lipinski definition) is 0. The SMILES string of the molecule is N#Cc1ccnc(O[C@H]2CCCN(C(=O)c3ccc(N4CCOCC4)cc3)C2)c1. The predicted molar refractivity (Wildman–Crippen MR) is 108 cm³/mol. The Labute approximate surface area is 170 Å². The molecule has 7 heteroatoms. The van der Waals surface area contributed by atoms with Crippen molar-refractivity contribution in [3.63, 3.8) is 0 Å². The molecular weight excluding hydrogens is 368 g/mol.